The first kappa shape index (κ1) is 19.2. The molecule has 0 atom stereocenters. The normalized spacial score (nSPS) is 11.4. The largest absolute Gasteiger partial charge is 0.495 e. The number of hydrogen-bond donors (Lipinski definition) is 0. The highest BCUT2D eigenvalue weighted by Crippen LogP contribution is 2.38. The number of halogens is 3. The van der Waals surface area contributed by atoms with Crippen molar-refractivity contribution in [2.24, 2.45) is 0 Å². The first-order chi connectivity index (χ1) is 11.2. The van der Waals surface area contributed by atoms with Gasteiger partial charge in [-0.3, -0.25) is 4.31 Å². The molecule has 0 aliphatic carbocycles. The molecule has 2 rings (SSSR count). The molecule has 0 unspecified atom stereocenters. The average Bonchev–Trinajstić information content (AvgIpc) is 2.53. The van der Waals surface area contributed by atoms with Gasteiger partial charge in [0.2, 0.25) is 0 Å². The lowest BCUT2D eigenvalue weighted by atomic mass is 10.2. The van der Waals surface area contributed by atoms with Gasteiger partial charge < -0.3 is 4.74 Å². The van der Waals surface area contributed by atoms with E-state index in [-0.39, 0.29) is 21.5 Å². The van der Waals surface area contributed by atoms with Gasteiger partial charge in [-0.2, -0.15) is 0 Å². The van der Waals surface area contributed by atoms with Crippen molar-refractivity contribution in [3.63, 3.8) is 0 Å². The molecule has 4 nitrogen and oxygen atoms in total. The molecule has 0 saturated heterocycles. The van der Waals surface area contributed by atoms with Crippen LogP contribution in [0, 0.1) is 6.92 Å². The molecule has 130 valence electrons. The molecule has 0 amide bonds. The summed E-state index contributed by atoms with van der Waals surface area (Å²) in [7, 11) is -2.48. The van der Waals surface area contributed by atoms with E-state index < -0.39 is 10.0 Å². The SMILES string of the molecule is CCN(c1ccc(C)c(Cl)c1)S(=O)(=O)c1ccc(OC)c(Cl)c1Cl. The molecule has 0 aliphatic rings. The smallest absolute Gasteiger partial charge is 0.265 e. The number of anilines is 1. The summed E-state index contributed by atoms with van der Waals surface area (Å²) in [5.41, 5.74) is 1.32. The lowest BCUT2D eigenvalue weighted by Crippen LogP contribution is -2.31. The van der Waals surface area contributed by atoms with Gasteiger partial charge in [-0.25, -0.2) is 8.42 Å². The van der Waals surface area contributed by atoms with Gasteiger partial charge in [0, 0.05) is 11.6 Å². The topological polar surface area (TPSA) is 46.6 Å². The van der Waals surface area contributed by atoms with Crippen LogP contribution in [0.4, 0.5) is 5.69 Å². The molecule has 24 heavy (non-hydrogen) atoms. The zero-order valence-electron chi connectivity index (χ0n) is 13.3. The first-order valence-corrected chi connectivity index (χ1v) is 9.62. The number of ether oxygens (including phenoxy) is 1. The van der Waals surface area contributed by atoms with Crippen LogP contribution in [0.3, 0.4) is 0 Å². The molecular weight excluding hydrogens is 393 g/mol. The number of benzene rings is 2. The number of aryl methyl sites for hydroxylation is 1. The Bertz CT molecular complexity index is 869. The number of rotatable bonds is 5. The van der Waals surface area contributed by atoms with Crippen molar-refractivity contribution in [3.8, 4) is 5.75 Å². The highest BCUT2D eigenvalue weighted by Gasteiger charge is 2.28. The Labute approximate surface area is 156 Å². The number of sulfonamides is 1. The van der Waals surface area contributed by atoms with Gasteiger partial charge in [0.1, 0.15) is 15.7 Å². The van der Waals surface area contributed by atoms with E-state index in [2.05, 4.69) is 0 Å². The molecule has 8 heteroatoms. The van der Waals surface area contributed by atoms with E-state index in [1.54, 1.807) is 25.1 Å². The van der Waals surface area contributed by atoms with Crippen molar-refractivity contribution in [2.45, 2.75) is 18.7 Å². The van der Waals surface area contributed by atoms with Crippen LogP contribution >= 0.6 is 34.8 Å². The Hall–Kier alpha value is -1.14. The summed E-state index contributed by atoms with van der Waals surface area (Å²) in [4.78, 5) is -0.0893. The van der Waals surface area contributed by atoms with Crippen LogP contribution in [0.25, 0.3) is 0 Å². The quantitative estimate of drug-likeness (QED) is 0.685. The van der Waals surface area contributed by atoms with Crippen LogP contribution < -0.4 is 9.04 Å². The third-order valence-electron chi connectivity index (χ3n) is 3.53. The van der Waals surface area contributed by atoms with Crippen molar-refractivity contribution in [2.75, 3.05) is 18.0 Å². The number of hydrogen-bond acceptors (Lipinski definition) is 3. The van der Waals surface area contributed by atoms with Gasteiger partial charge in [-0.05, 0) is 43.7 Å². The average molecular weight is 409 g/mol. The Morgan fingerprint density at radius 3 is 2.29 bits per heavy atom. The molecule has 0 aliphatic heterocycles. The molecule has 0 aromatic heterocycles. The molecule has 0 N–H and O–H groups in total. The molecule has 0 bridgehead atoms. The Balaban J connectivity index is 2.59. The minimum absolute atomic E-state index is 0.0539. The van der Waals surface area contributed by atoms with E-state index in [0.717, 1.165) is 5.56 Å². The molecule has 2 aromatic carbocycles. The fraction of sp³-hybridized carbons (Fsp3) is 0.250. The fourth-order valence-corrected chi connectivity index (χ4v) is 4.68. The van der Waals surface area contributed by atoms with E-state index in [0.29, 0.717) is 16.5 Å². The van der Waals surface area contributed by atoms with Gasteiger partial charge in [0.25, 0.3) is 10.0 Å². The Kier molecular flexibility index (Phi) is 5.91. The van der Waals surface area contributed by atoms with Crippen molar-refractivity contribution in [1.82, 2.24) is 0 Å². The van der Waals surface area contributed by atoms with Crippen LogP contribution in [0.2, 0.25) is 15.1 Å². The van der Waals surface area contributed by atoms with Crippen molar-refractivity contribution in [3.05, 3.63) is 51.0 Å². The first-order valence-electron chi connectivity index (χ1n) is 7.05. The summed E-state index contributed by atoms with van der Waals surface area (Å²) in [6.07, 6.45) is 0. The van der Waals surface area contributed by atoms with Crippen LogP contribution in [-0.4, -0.2) is 22.1 Å². The maximum Gasteiger partial charge on any atom is 0.265 e. The van der Waals surface area contributed by atoms with Gasteiger partial charge in [-0.1, -0.05) is 40.9 Å². The van der Waals surface area contributed by atoms with Crippen molar-refractivity contribution < 1.29 is 13.2 Å². The van der Waals surface area contributed by atoms with Crippen molar-refractivity contribution >= 4 is 50.5 Å². The monoisotopic (exact) mass is 407 g/mol. The predicted molar refractivity (Wildman–Crippen MR) is 99.4 cm³/mol. The molecule has 0 heterocycles. The fourth-order valence-electron chi connectivity index (χ4n) is 2.22. The molecule has 0 radical (unpaired) electrons. The van der Waals surface area contributed by atoms with E-state index >= 15 is 0 Å². The van der Waals surface area contributed by atoms with E-state index in [1.165, 1.54) is 23.5 Å². The van der Waals surface area contributed by atoms with Gasteiger partial charge in [-0.15, -0.1) is 0 Å². The summed E-state index contributed by atoms with van der Waals surface area (Å²) < 4.78 is 32.3. The lowest BCUT2D eigenvalue weighted by Gasteiger charge is -2.24. The van der Waals surface area contributed by atoms with Crippen LogP contribution in [0.1, 0.15) is 12.5 Å². The minimum Gasteiger partial charge on any atom is -0.495 e. The Morgan fingerprint density at radius 2 is 1.75 bits per heavy atom. The zero-order valence-corrected chi connectivity index (χ0v) is 16.4. The van der Waals surface area contributed by atoms with E-state index in [1.807, 2.05) is 6.92 Å². The summed E-state index contributed by atoms with van der Waals surface area (Å²) in [5, 5.41) is 0.464. The number of methoxy groups -OCH3 is 1. The molecule has 0 fully saturated rings. The van der Waals surface area contributed by atoms with Crippen LogP contribution in [0.5, 0.6) is 5.75 Å². The molecule has 0 spiro atoms. The van der Waals surface area contributed by atoms with Gasteiger partial charge in [0.05, 0.1) is 17.8 Å². The van der Waals surface area contributed by atoms with Crippen LogP contribution in [-0.2, 0) is 10.0 Å². The molecular formula is C16H16Cl3NO3S. The highest BCUT2D eigenvalue weighted by molar-refractivity contribution is 7.93. The summed E-state index contributed by atoms with van der Waals surface area (Å²) in [6.45, 7) is 3.78. The predicted octanol–water partition coefficient (Wildman–Crippen LogP) is 5.18. The molecule has 0 saturated carbocycles. The van der Waals surface area contributed by atoms with Gasteiger partial charge in [0.15, 0.2) is 0 Å². The lowest BCUT2D eigenvalue weighted by molar-refractivity contribution is 0.414. The van der Waals surface area contributed by atoms with Crippen molar-refractivity contribution in [1.29, 1.82) is 0 Å². The van der Waals surface area contributed by atoms with E-state index in [4.69, 9.17) is 39.5 Å². The third-order valence-corrected chi connectivity index (χ3v) is 6.86. The maximum absolute atomic E-state index is 13.0. The second kappa shape index (κ2) is 7.40. The van der Waals surface area contributed by atoms with Gasteiger partial charge >= 0.3 is 0 Å². The molecule has 2 aromatic rings. The summed E-state index contributed by atoms with van der Waals surface area (Å²) in [6, 6.07) is 7.91. The number of nitrogens with zero attached hydrogens (tertiary/aromatic N) is 1. The highest BCUT2D eigenvalue weighted by atomic mass is 35.5. The summed E-state index contributed by atoms with van der Waals surface area (Å²) >= 11 is 18.4. The third kappa shape index (κ3) is 3.45. The standard InChI is InChI=1S/C16H16Cl3NO3S/c1-4-20(11-6-5-10(2)12(17)9-11)24(21,22)14-8-7-13(23-3)15(18)16(14)19/h5-9H,4H2,1-3H3. The minimum atomic E-state index is -3.91. The van der Waals surface area contributed by atoms with Crippen LogP contribution in [0.15, 0.2) is 35.2 Å². The Morgan fingerprint density at radius 1 is 1.08 bits per heavy atom. The maximum atomic E-state index is 13.0. The summed E-state index contributed by atoms with van der Waals surface area (Å²) in [5.74, 6) is 0.307. The second-order valence-corrected chi connectivity index (χ2v) is 7.99. The second-order valence-electron chi connectivity index (χ2n) is 5.00. The van der Waals surface area contributed by atoms with E-state index in [9.17, 15) is 8.42 Å². The zero-order chi connectivity index (χ0) is 18.1.